The summed E-state index contributed by atoms with van der Waals surface area (Å²) in [6, 6.07) is 5.90. The molecule has 2 aliphatic rings. The van der Waals surface area contributed by atoms with Crippen LogP contribution in [0.1, 0.15) is 5.56 Å². The van der Waals surface area contributed by atoms with Gasteiger partial charge in [-0.25, -0.2) is 0 Å². The Hall–Kier alpha value is -0.190. The Kier molecular flexibility index (Phi) is 6.71. The molecule has 0 aromatic heterocycles. The van der Waals surface area contributed by atoms with Crippen LogP contribution in [0.5, 0.6) is 5.75 Å². The van der Waals surface area contributed by atoms with Crippen molar-refractivity contribution in [1.82, 2.24) is 10.2 Å². The van der Waals surface area contributed by atoms with E-state index in [4.69, 9.17) is 16.3 Å². The molecule has 0 spiro atoms. The number of fused-ring (bicyclic) bond motifs is 1. The summed E-state index contributed by atoms with van der Waals surface area (Å²) in [7, 11) is 0. The first-order chi connectivity index (χ1) is 8.31. The summed E-state index contributed by atoms with van der Waals surface area (Å²) in [5, 5.41) is 4.17. The summed E-state index contributed by atoms with van der Waals surface area (Å²) in [6.07, 6.45) is 1.28. The van der Waals surface area contributed by atoms with Crippen molar-refractivity contribution in [2.24, 2.45) is 0 Å². The monoisotopic (exact) mass is 324 g/mol. The molecule has 1 fully saturated rings. The zero-order valence-corrected chi connectivity index (χ0v) is 13.0. The third kappa shape index (κ3) is 4.14. The summed E-state index contributed by atoms with van der Waals surface area (Å²) in [6.45, 7) is 5.44. The van der Waals surface area contributed by atoms with Crippen molar-refractivity contribution < 1.29 is 4.74 Å². The lowest BCUT2D eigenvalue weighted by Crippen LogP contribution is -2.47. The fraction of sp³-hybridized carbons (Fsp3) is 0.538. The molecule has 1 atom stereocenters. The summed E-state index contributed by atoms with van der Waals surface area (Å²) >= 11 is 5.99. The summed E-state index contributed by atoms with van der Waals surface area (Å²) in [5.41, 5.74) is 1.25. The lowest BCUT2D eigenvalue weighted by Gasteiger charge is -2.29. The molecule has 1 aromatic rings. The first-order valence-electron chi connectivity index (χ1n) is 6.19. The van der Waals surface area contributed by atoms with E-state index in [1.165, 1.54) is 5.56 Å². The molecule has 2 heterocycles. The van der Waals surface area contributed by atoms with Crippen LogP contribution in [0.4, 0.5) is 0 Å². The minimum atomic E-state index is 0. The molecule has 3 nitrogen and oxygen atoms in total. The lowest BCUT2D eigenvalue weighted by atomic mass is 10.1. The van der Waals surface area contributed by atoms with Crippen molar-refractivity contribution in [2.45, 2.75) is 12.5 Å². The van der Waals surface area contributed by atoms with Crippen LogP contribution < -0.4 is 10.1 Å². The number of benzene rings is 1. The molecule has 1 unspecified atom stereocenters. The highest BCUT2D eigenvalue weighted by molar-refractivity contribution is 6.30. The van der Waals surface area contributed by atoms with E-state index in [2.05, 4.69) is 10.2 Å². The van der Waals surface area contributed by atoms with Crippen molar-refractivity contribution in [3.8, 4) is 5.75 Å². The number of hydrogen-bond donors (Lipinski definition) is 1. The smallest absolute Gasteiger partial charge is 0.123 e. The van der Waals surface area contributed by atoms with Gasteiger partial charge in [0.1, 0.15) is 11.9 Å². The van der Waals surface area contributed by atoms with Crippen LogP contribution in [0.15, 0.2) is 18.2 Å². The SMILES string of the molecule is Cl.Cl.Clc1ccc2c(c1)CC(CN1CCNCC1)O2. The van der Waals surface area contributed by atoms with Gasteiger partial charge in [-0.3, -0.25) is 4.90 Å². The molecule has 6 heteroatoms. The Labute approximate surface area is 131 Å². The molecule has 2 aliphatic heterocycles. The van der Waals surface area contributed by atoms with Gasteiger partial charge in [0, 0.05) is 44.2 Å². The molecule has 19 heavy (non-hydrogen) atoms. The first kappa shape index (κ1) is 16.9. The van der Waals surface area contributed by atoms with Gasteiger partial charge in [-0.1, -0.05) is 11.6 Å². The van der Waals surface area contributed by atoms with Crippen molar-refractivity contribution in [3.05, 3.63) is 28.8 Å². The topological polar surface area (TPSA) is 24.5 Å². The van der Waals surface area contributed by atoms with Gasteiger partial charge in [0.25, 0.3) is 0 Å². The predicted molar refractivity (Wildman–Crippen MR) is 83.4 cm³/mol. The average Bonchev–Trinajstić information content (AvgIpc) is 2.71. The van der Waals surface area contributed by atoms with Gasteiger partial charge < -0.3 is 10.1 Å². The molecule has 3 rings (SSSR count). The van der Waals surface area contributed by atoms with E-state index in [9.17, 15) is 0 Å². The number of nitrogens with zero attached hydrogens (tertiary/aromatic N) is 1. The molecule has 1 aromatic carbocycles. The Balaban J connectivity index is 0.000000902. The molecule has 0 amide bonds. The fourth-order valence-electron chi connectivity index (χ4n) is 2.57. The van der Waals surface area contributed by atoms with Crippen molar-refractivity contribution in [3.63, 3.8) is 0 Å². The van der Waals surface area contributed by atoms with Gasteiger partial charge in [0.05, 0.1) is 0 Å². The number of ether oxygens (including phenoxy) is 1. The second kappa shape index (κ2) is 7.55. The van der Waals surface area contributed by atoms with Gasteiger partial charge in [0.2, 0.25) is 0 Å². The van der Waals surface area contributed by atoms with Gasteiger partial charge in [-0.2, -0.15) is 0 Å². The van der Waals surface area contributed by atoms with Crippen LogP contribution in [-0.2, 0) is 6.42 Å². The van der Waals surface area contributed by atoms with Crippen molar-refractivity contribution >= 4 is 36.4 Å². The summed E-state index contributed by atoms with van der Waals surface area (Å²) in [4.78, 5) is 2.47. The van der Waals surface area contributed by atoms with E-state index in [0.29, 0.717) is 6.10 Å². The largest absolute Gasteiger partial charge is 0.488 e. The lowest BCUT2D eigenvalue weighted by molar-refractivity contribution is 0.139. The Bertz CT molecular complexity index is 411. The minimum absolute atomic E-state index is 0. The molecular weight excluding hydrogens is 307 g/mol. The van der Waals surface area contributed by atoms with Crippen LogP contribution in [0, 0.1) is 0 Å². The van der Waals surface area contributed by atoms with Crippen LogP contribution in [0.2, 0.25) is 5.02 Å². The highest BCUT2D eigenvalue weighted by Gasteiger charge is 2.25. The van der Waals surface area contributed by atoms with Gasteiger partial charge in [-0.05, 0) is 23.8 Å². The third-order valence-electron chi connectivity index (χ3n) is 3.44. The maximum atomic E-state index is 5.99. The average molecular weight is 326 g/mol. The molecule has 1 saturated heterocycles. The molecule has 1 N–H and O–H groups in total. The van der Waals surface area contributed by atoms with E-state index in [0.717, 1.165) is 49.9 Å². The number of halogens is 3. The molecular formula is C13H19Cl3N2O. The Morgan fingerprint density at radius 2 is 2.00 bits per heavy atom. The van der Waals surface area contributed by atoms with Crippen LogP contribution >= 0.6 is 36.4 Å². The fourth-order valence-corrected chi connectivity index (χ4v) is 2.77. The molecule has 0 saturated carbocycles. The van der Waals surface area contributed by atoms with Crippen LogP contribution in [0.25, 0.3) is 0 Å². The van der Waals surface area contributed by atoms with Crippen LogP contribution in [-0.4, -0.2) is 43.7 Å². The zero-order valence-electron chi connectivity index (χ0n) is 10.6. The maximum absolute atomic E-state index is 5.99. The van der Waals surface area contributed by atoms with E-state index < -0.39 is 0 Å². The maximum Gasteiger partial charge on any atom is 0.123 e. The zero-order chi connectivity index (χ0) is 11.7. The normalized spacial score (nSPS) is 21.8. The highest BCUT2D eigenvalue weighted by atomic mass is 35.5. The number of hydrogen-bond acceptors (Lipinski definition) is 3. The third-order valence-corrected chi connectivity index (χ3v) is 3.67. The number of piperazine rings is 1. The second-order valence-corrected chi connectivity index (χ2v) is 5.18. The van der Waals surface area contributed by atoms with Crippen molar-refractivity contribution in [2.75, 3.05) is 32.7 Å². The Morgan fingerprint density at radius 1 is 1.26 bits per heavy atom. The van der Waals surface area contributed by atoms with Gasteiger partial charge in [-0.15, -0.1) is 24.8 Å². The quantitative estimate of drug-likeness (QED) is 0.903. The molecule has 108 valence electrons. The first-order valence-corrected chi connectivity index (χ1v) is 6.57. The molecule has 0 bridgehead atoms. The van der Waals surface area contributed by atoms with E-state index in [-0.39, 0.29) is 24.8 Å². The van der Waals surface area contributed by atoms with E-state index in [1.807, 2.05) is 18.2 Å². The van der Waals surface area contributed by atoms with Gasteiger partial charge >= 0.3 is 0 Å². The summed E-state index contributed by atoms with van der Waals surface area (Å²) in [5.74, 6) is 1.01. The van der Waals surface area contributed by atoms with Gasteiger partial charge in [0.15, 0.2) is 0 Å². The van der Waals surface area contributed by atoms with Crippen molar-refractivity contribution in [1.29, 1.82) is 0 Å². The Morgan fingerprint density at radius 3 is 2.74 bits per heavy atom. The van der Waals surface area contributed by atoms with E-state index in [1.54, 1.807) is 0 Å². The summed E-state index contributed by atoms with van der Waals surface area (Å²) < 4.78 is 5.94. The number of nitrogens with one attached hydrogen (secondary N) is 1. The molecule has 0 radical (unpaired) electrons. The standard InChI is InChI=1S/C13H17ClN2O.2ClH/c14-11-1-2-13-10(7-11)8-12(17-13)9-16-5-3-15-4-6-16;;/h1-2,7,12,15H,3-6,8-9H2;2*1H. The van der Waals surface area contributed by atoms with Crippen LogP contribution in [0.3, 0.4) is 0 Å². The minimum Gasteiger partial charge on any atom is -0.488 e. The second-order valence-electron chi connectivity index (χ2n) is 4.75. The van der Waals surface area contributed by atoms with E-state index >= 15 is 0 Å². The number of rotatable bonds is 2. The predicted octanol–water partition coefficient (Wildman–Crippen LogP) is 2.39. The molecule has 0 aliphatic carbocycles. The highest BCUT2D eigenvalue weighted by Crippen LogP contribution is 2.31.